The molecule has 2 rings (SSSR count). The van der Waals surface area contributed by atoms with E-state index in [2.05, 4.69) is 32.2 Å². The lowest BCUT2D eigenvalue weighted by Crippen LogP contribution is -2.33. The summed E-state index contributed by atoms with van der Waals surface area (Å²) in [6.45, 7) is 7.61. The van der Waals surface area contributed by atoms with Gasteiger partial charge in [-0.25, -0.2) is 0 Å². The Morgan fingerprint density at radius 1 is 1.35 bits per heavy atom. The summed E-state index contributed by atoms with van der Waals surface area (Å²) in [5.74, 6) is 0.229. The second-order valence-corrected chi connectivity index (χ2v) is 6.42. The fourth-order valence-electron chi connectivity index (χ4n) is 3.02. The molecule has 1 fully saturated rings. The minimum Gasteiger partial charge on any atom is -0.356 e. The Hall–Kier alpha value is -1.84. The summed E-state index contributed by atoms with van der Waals surface area (Å²) in [5.41, 5.74) is 2.16. The van der Waals surface area contributed by atoms with Crippen LogP contribution in [0.1, 0.15) is 57.9 Å². The van der Waals surface area contributed by atoms with Gasteiger partial charge in [-0.2, -0.15) is 0 Å². The number of amides is 2. The van der Waals surface area contributed by atoms with Gasteiger partial charge in [-0.3, -0.25) is 9.59 Å². The zero-order valence-corrected chi connectivity index (χ0v) is 14.5. The molecule has 23 heavy (non-hydrogen) atoms. The maximum atomic E-state index is 12.4. The number of unbranched alkanes of at least 4 members (excludes halogenated alkanes) is 1. The Labute approximate surface area is 139 Å². The van der Waals surface area contributed by atoms with Crippen LogP contribution in [0.2, 0.25) is 0 Å². The first kappa shape index (κ1) is 17.5. The Morgan fingerprint density at radius 3 is 2.78 bits per heavy atom. The van der Waals surface area contributed by atoms with Crippen molar-refractivity contribution in [1.29, 1.82) is 0 Å². The molecule has 2 unspecified atom stereocenters. The second-order valence-electron chi connectivity index (χ2n) is 6.42. The molecule has 0 saturated carbocycles. The quantitative estimate of drug-likeness (QED) is 0.783. The molecule has 1 heterocycles. The summed E-state index contributed by atoms with van der Waals surface area (Å²) in [7, 11) is 0. The van der Waals surface area contributed by atoms with Crippen molar-refractivity contribution >= 4 is 17.5 Å². The molecule has 0 aliphatic carbocycles. The third-order valence-electron chi connectivity index (χ3n) is 4.70. The number of nitrogens with zero attached hydrogens (tertiary/aromatic N) is 1. The van der Waals surface area contributed by atoms with Gasteiger partial charge in [-0.15, -0.1) is 0 Å². The predicted octanol–water partition coefficient (Wildman–Crippen LogP) is 3.47. The molecule has 0 radical (unpaired) electrons. The van der Waals surface area contributed by atoms with Crippen molar-refractivity contribution in [3.63, 3.8) is 0 Å². The van der Waals surface area contributed by atoms with E-state index in [9.17, 15) is 9.59 Å². The van der Waals surface area contributed by atoms with Gasteiger partial charge in [0.2, 0.25) is 11.8 Å². The summed E-state index contributed by atoms with van der Waals surface area (Å²) in [6.07, 6.45) is 3.37. The number of carbonyl (C=O) groups excluding carboxylic acids is 2. The highest BCUT2D eigenvalue weighted by Gasteiger charge is 2.35. The van der Waals surface area contributed by atoms with E-state index in [4.69, 9.17) is 0 Å². The smallest absolute Gasteiger partial charge is 0.227 e. The molecule has 1 aliphatic heterocycles. The van der Waals surface area contributed by atoms with Crippen molar-refractivity contribution in [2.24, 2.45) is 5.92 Å². The van der Waals surface area contributed by atoms with Crippen LogP contribution in [0.3, 0.4) is 0 Å². The Morgan fingerprint density at radius 2 is 2.09 bits per heavy atom. The molecule has 1 saturated heterocycles. The topological polar surface area (TPSA) is 49.4 Å². The fraction of sp³-hybridized carbons (Fsp3) is 0.579. The molecule has 0 bridgehead atoms. The number of carbonyl (C=O) groups is 2. The number of hydrogen-bond acceptors (Lipinski definition) is 2. The summed E-state index contributed by atoms with van der Waals surface area (Å²) >= 11 is 0. The van der Waals surface area contributed by atoms with Crippen LogP contribution >= 0.6 is 0 Å². The van der Waals surface area contributed by atoms with Crippen molar-refractivity contribution in [3.05, 3.63) is 29.8 Å². The van der Waals surface area contributed by atoms with Gasteiger partial charge in [0.15, 0.2) is 0 Å². The summed E-state index contributed by atoms with van der Waals surface area (Å²) in [6, 6.07) is 8.06. The minimum absolute atomic E-state index is 0.00956. The van der Waals surface area contributed by atoms with E-state index in [-0.39, 0.29) is 17.7 Å². The fourth-order valence-corrected chi connectivity index (χ4v) is 3.02. The van der Waals surface area contributed by atoms with E-state index in [0.29, 0.717) is 25.4 Å². The lowest BCUT2D eigenvalue weighted by molar-refractivity contribution is -0.126. The third-order valence-corrected chi connectivity index (χ3v) is 4.70. The van der Waals surface area contributed by atoms with E-state index in [1.807, 2.05) is 18.2 Å². The maximum Gasteiger partial charge on any atom is 0.227 e. The molecule has 1 aliphatic rings. The molecular weight excluding hydrogens is 288 g/mol. The molecule has 1 aromatic rings. The SMILES string of the molecule is CCCCNC(=O)C1CC(=O)N(c2ccccc2C(C)CC)C1. The van der Waals surface area contributed by atoms with Crippen LogP contribution in [0, 0.1) is 5.92 Å². The minimum atomic E-state index is -0.232. The average molecular weight is 316 g/mol. The molecule has 2 atom stereocenters. The molecule has 126 valence electrons. The monoisotopic (exact) mass is 316 g/mol. The maximum absolute atomic E-state index is 12.4. The van der Waals surface area contributed by atoms with Gasteiger partial charge in [-0.05, 0) is 30.4 Å². The van der Waals surface area contributed by atoms with E-state index < -0.39 is 0 Å². The number of benzene rings is 1. The van der Waals surface area contributed by atoms with Crippen molar-refractivity contribution in [3.8, 4) is 0 Å². The Kier molecular flexibility index (Phi) is 6.20. The first-order chi connectivity index (χ1) is 11.1. The normalized spacial score (nSPS) is 19.0. The van der Waals surface area contributed by atoms with Crippen LogP contribution in [-0.4, -0.2) is 24.9 Å². The van der Waals surface area contributed by atoms with E-state index in [0.717, 1.165) is 24.9 Å². The highest BCUT2D eigenvalue weighted by Crippen LogP contribution is 2.33. The summed E-state index contributed by atoms with van der Waals surface area (Å²) in [5, 5.41) is 2.95. The molecule has 4 heteroatoms. The van der Waals surface area contributed by atoms with Crippen molar-refractivity contribution in [2.75, 3.05) is 18.0 Å². The lowest BCUT2D eigenvalue weighted by atomic mass is 9.96. The van der Waals surface area contributed by atoms with Crippen LogP contribution in [0.4, 0.5) is 5.69 Å². The number of nitrogens with one attached hydrogen (secondary N) is 1. The van der Waals surface area contributed by atoms with Crippen molar-refractivity contribution < 1.29 is 9.59 Å². The number of hydrogen-bond donors (Lipinski definition) is 1. The first-order valence-electron chi connectivity index (χ1n) is 8.75. The van der Waals surface area contributed by atoms with Gasteiger partial charge >= 0.3 is 0 Å². The van der Waals surface area contributed by atoms with Gasteiger partial charge in [0, 0.05) is 25.2 Å². The second kappa shape index (κ2) is 8.14. The summed E-state index contributed by atoms with van der Waals surface area (Å²) in [4.78, 5) is 26.5. The Bertz CT molecular complexity index is 556. The van der Waals surface area contributed by atoms with Crippen LogP contribution in [0.15, 0.2) is 24.3 Å². The van der Waals surface area contributed by atoms with Crippen molar-refractivity contribution in [1.82, 2.24) is 5.32 Å². The van der Waals surface area contributed by atoms with Gasteiger partial charge in [0.05, 0.1) is 5.92 Å². The highest BCUT2D eigenvalue weighted by molar-refractivity contribution is 6.00. The number of rotatable bonds is 7. The standard InChI is InChI=1S/C19H28N2O2/c1-4-6-11-20-19(23)15-12-18(22)21(13-15)17-10-8-7-9-16(17)14(3)5-2/h7-10,14-15H,4-6,11-13H2,1-3H3,(H,20,23). The largest absolute Gasteiger partial charge is 0.356 e. The zero-order chi connectivity index (χ0) is 16.8. The predicted molar refractivity (Wildman–Crippen MR) is 93.5 cm³/mol. The van der Waals surface area contributed by atoms with Gasteiger partial charge in [0.1, 0.15) is 0 Å². The lowest BCUT2D eigenvalue weighted by Gasteiger charge is -2.23. The van der Waals surface area contributed by atoms with Gasteiger partial charge in [0.25, 0.3) is 0 Å². The number of para-hydroxylation sites is 1. The molecule has 4 nitrogen and oxygen atoms in total. The average Bonchev–Trinajstić information content (AvgIpc) is 2.96. The van der Waals surface area contributed by atoms with Crippen molar-refractivity contribution in [2.45, 2.75) is 52.4 Å². The third kappa shape index (κ3) is 4.12. The van der Waals surface area contributed by atoms with Gasteiger partial charge in [-0.1, -0.05) is 45.4 Å². The molecule has 0 spiro atoms. The van der Waals surface area contributed by atoms with Gasteiger partial charge < -0.3 is 10.2 Å². The van der Waals surface area contributed by atoms with Crippen LogP contribution in [-0.2, 0) is 9.59 Å². The zero-order valence-electron chi connectivity index (χ0n) is 14.5. The van der Waals surface area contributed by atoms with Crippen LogP contribution < -0.4 is 10.2 Å². The number of anilines is 1. The van der Waals surface area contributed by atoms with E-state index in [1.165, 1.54) is 5.56 Å². The van der Waals surface area contributed by atoms with Crippen LogP contribution in [0.25, 0.3) is 0 Å². The molecule has 2 amide bonds. The first-order valence-corrected chi connectivity index (χ1v) is 8.75. The highest BCUT2D eigenvalue weighted by atomic mass is 16.2. The van der Waals surface area contributed by atoms with E-state index >= 15 is 0 Å². The molecule has 0 aromatic heterocycles. The molecule has 1 N–H and O–H groups in total. The molecule has 1 aromatic carbocycles. The van der Waals surface area contributed by atoms with E-state index in [1.54, 1.807) is 4.90 Å². The van der Waals surface area contributed by atoms with Crippen LogP contribution in [0.5, 0.6) is 0 Å². The Balaban J connectivity index is 2.10. The summed E-state index contributed by atoms with van der Waals surface area (Å²) < 4.78 is 0. The molecular formula is C19H28N2O2.